The number of hydrogen-bond acceptors (Lipinski definition) is 2. The van der Waals surface area contributed by atoms with Crippen molar-refractivity contribution in [1.82, 2.24) is 5.10 Å². The van der Waals surface area contributed by atoms with Crippen molar-refractivity contribution < 1.29 is 9.10 Å². The summed E-state index contributed by atoms with van der Waals surface area (Å²) in [4.78, 5) is 0. The van der Waals surface area contributed by atoms with Gasteiger partial charge in [-0.15, -0.1) is 0 Å². The molecule has 3 heteroatoms. The van der Waals surface area contributed by atoms with Crippen LogP contribution in [-0.4, -0.2) is 5.10 Å². The van der Waals surface area contributed by atoms with Gasteiger partial charge in [0, 0.05) is 22.5 Å². The van der Waals surface area contributed by atoms with Gasteiger partial charge in [-0.1, -0.05) is 50.2 Å². The second-order valence-corrected chi connectivity index (χ2v) is 6.58. The van der Waals surface area contributed by atoms with Gasteiger partial charge in [0.1, 0.15) is 0 Å². The Labute approximate surface area is 143 Å². The van der Waals surface area contributed by atoms with Crippen molar-refractivity contribution in [3.8, 4) is 22.9 Å². The summed E-state index contributed by atoms with van der Waals surface area (Å²) in [5.74, 6) is 1.58. The molecule has 3 aromatic rings. The molecule has 2 aromatic carbocycles. The maximum atomic E-state index is 6.23. The minimum atomic E-state index is 0.208. The Morgan fingerprint density at radius 2 is 1.71 bits per heavy atom. The first-order valence-corrected chi connectivity index (χ1v) is 8.83. The highest BCUT2D eigenvalue weighted by molar-refractivity contribution is 5.61. The summed E-state index contributed by atoms with van der Waals surface area (Å²) in [7, 11) is 0. The van der Waals surface area contributed by atoms with Crippen molar-refractivity contribution in [2.24, 2.45) is 0 Å². The zero-order chi connectivity index (χ0) is 16.6. The van der Waals surface area contributed by atoms with Crippen LogP contribution < -0.4 is 4.68 Å². The highest BCUT2D eigenvalue weighted by Crippen LogP contribution is 2.42. The Morgan fingerprint density at radius 3 is 2.46 bits per heavy atom. The first kappa shape index (κ1) is 15.1. The molecular formula is C21H23N2O+. The highest BCUT2D eigenvalue weighted by atomic mass is 16.4. The molecule has 1 aliphatic heterocycles. The third-order valence-electron chi connectivity index (χ3n) is 5.54. The monoisotopic (exact) mass is 319 g/mol. The number of fused-ring (bicyclic) bond motifs is 3. The van der Waals surface area contributed by atoms with Crippen molar-refractivity contribution >= 4 is 0 Å². The van der Waals surface area contributed by atoms with Crippen molar-refractivity contribution in [3.63, 3.8) is 0 Å². The molecule has 0 bridgehead atoms. The lowest BCUT2D eigenvalue weighted by Crippen LogP contribution is -2.38. The van der Waals surface area contributed by atoms with E-state index in [0.29, 0.717) is 5.89 Å². The van der Waals surface area contributed by atoms with E-state index < -0.39 is 0 Å². The molecule has 0 saturated carbocycles. The summed E-state index contributed by atoms with van der Waals surface area (Å²) in [5, 5.41) is 4.76. The minimum Gasteiger partial charge on any atom is -0.377 e. The molecule has 0 saturated heterocycles. The third-order valence-corrected chi connectivity index (χ3v) is 5.54. The summed E-state index contributed by atoms with van der Waals surface area (Å²) >= 11 is 0. The average Bonchev–Trinajstić information content (AvgIpc) is 3.03. The molecule has 122 valence electrons. The quantitative estimate of drug-likeness (QED) is 0.652. The molecule has 1 aliphatic rings. The fourth-order valence-corrected chi connectivity index (χ4v) is 3.93. The van der Waals surface area contributed by atoms with Crippen LogP contribution in [0, 0.1) is 0 Å². The minimum absolute atomic E-state index is 0.208. The average molecular weight is 319 g/mol. The van der Waals surface area contributed by atoms with E-state index in [0.717, 1.165) is 37.3 Å². The molecule has 0 unspecified atom stereocenters. The number of aryl methyl sites for hydroxylation is 1. The number of rotatable bonds is 3. The zero-order valence-electron chi connectivity index (χ0n) is 14.3. The predicted octanol–water partition coefficient (Wildman–Crippen LogP) is 4.76. The van der Waals surface area contributed by atoms with E-state index in [2.05, 4.69) is 38.1 Å². The van der Waals surface area contributed by atoms with Gasteiger partial charge in [0.25, 0.3) is 5.89 Å². The normalized spacial score (nSPS) is 15.4. The van der Waals surface area contributed by atoms with Gasteiger partial charge in [-0.25, -0.2) is 0 Å². The lowest BCUT2D eigenvalue weighted by atomic mass is 9.72. The Bertz CT molecular complexity index is 847. The van der Waals surface area contributed by atoms with Crippen LogP contribution in [0.1, 0.15) is 38.7 Å². The summed E-state index contributed by atoms with van der Waals surface area (Å²) in [5.41, 5.74) is 3.82. The van der Waals surface area contributed by atoms with E-state index in [9.17, 15) is 0 Å². The molecule has 24 heavy (non-hydrogen) atoms. The SMILES string of the molecule is CCC1(CC)CC[n+]2nc(-c3ccccc3)oc2-c2ccccc21. The Kier molecular flexibility index (Phi) is 3.72. The van der Waals surface area contributed by atoms with Crippen LogP contribution in [0.4, 0.5) is 0 Å². The standard InChI is InChI=1S/C21H23N2O/c1-3-21(4-2)14-15-23-20(17-12-8-9-13-18(17)21)24-19(22-23)16-10-6-5-7-11-16/h5-13H,3-4,14-15H2,1-2H3/q+1. The van der Waals surface area contributed by atoms with Crippen molar-refractivity contribution in [2.75, 3.05) is 0 Å². The van der Waals surface area contributed by atoms with Gasteiger partial charge in [-0.05, 0) is 41.3 Å². The lowest BCUT2D eigenvalue weighted by Gasteiger charge is -2.30. The van der Waals surface area contributed by atoms with Gasteiger partial charge in [0.2, 0.25) is 0 Å². The Morgan fingerprint density at radius 1 is 1.00 bits per heavy atom. The van der Waals surface area contributed by atoms with Crippen LogP contribution in [0.3, 0.4) is 0 Å². The van der Waals surface area contributed by atoms with E-state index >= 15 is 0 Å². The van der Waals surface area contributed by atoms with E-state index in [-0.39, 0.29) is 5.41 Å². The number of hydrogen-bond donors (Lipinski definition) is 0. The topological polar surface area (TPSA) is 29.9 Å². The smallest absolute Gasteiger partial charge is 0.377 e. The van der Waals surface area contributed by atoms with E-state index in [1.165, 1.54) is 11.1 Å². The lowest BCUT2D eigenvalue weighted by molar-refractivity contribution is -0.743. The van der Waals surface area contributed by atoms with Gasteiger partial charge in [-0.2, -0.15) is 0 Å². The molecule has 0 N–H and O–H groups in total. The Balaban J connectivity index is 1.89. The molecule has 0 atom stereocenters. The zero-order valence-corrected chi connectivity index (χ0v) is 14.3. The largest absolute Gasteiger partial charge is 0.408 e. The molecule has 3 nitrogen and oxygen atoms in total. The summed E-state index contributed by atoms with van der Waals surface area (Å²) in [6.07, 6.45) is 3.36. The number of aromatic nitrogens is 2. The summed E-state index contributed by atoms with van der Waals surface area (Å²) < 4.78 is 8.28. The molecule has 4 rings (SSSR count). The number of benzene rings is 2. The van der Waals surface area contributed by atoms with Crippen LogP contribution >= 0.6 is 0 Å². The molecule has 0 aliphatic carbocycles. The van der Waals surface area contributed by atoms with Crippen LogP contribution in [0.25, 0.3) is 22.9 Å². The maximum absolute atomic E-state index is 6.23. The van der Waals surface area contributed by atoms with Crippen molar-refractivity contribution in [3.05, 3.63) is 60.2 Å². The van der Waals surface area contributed by atoms with Crippen LogP contribution in [0.2, 0.25) is 0 Å². The molecule has 0 fully saturated rings. The van der Waals surface area contributed by atoms with Gasteiger partial charge in [0.15, 0.2) is 6.54 Å². The van der Waals surface area contributed by atoms with E-state index in [4.69, 9.17) is 9.52 Å². The first-order chi connectivity index (χ1) is 11.8. The van der Waals surface area contributed by atoms with Crippen molar-refractivity contribution in [2.45, 2.75) is 45.1 Å². The predicted molar refractivity (Wildman–Crippen MR) is 94.4 cm³/mol. The molecular weight excluding hydrogens is 296 g/mol. The van der Waals surface area contributed by atoms with E-state index in [1.807, 2.05) is 35.0 Å². The van der Waals surface area contributed by atoms with Crippen LogP contribution in [0.15, 0.2) is 59.0 Å². The molecule has 0 spiro atoms. The molecule has 0 radical (unpaired) electrons. The fourth-order valence-electron chi connectivity index (χ4n) is 3.93. The van der Waals surface area contributed by atoms with Crippen LogP contribution in [-0.2, 0) is 12.0 Å². The number of nitrogens with zero attached hydrogens (tertiary/aromatic N) is 2. The second kappa shape index (κ2) is 5.90. The van der Waals surface area contributed by atoms with Gasteiger partial charge < -0.3 is 4.42 Å². The van der Waals surface area contributed by atoms with Crippen molar-refractivity contribution in [1.29, 1.82) is 0 Å². The molecule has 2 heterocycles. The second-order valence-electron chi connectivity index (χ2n) is 6.58. The van der Waals surface area contributed by atoms with Gasteiger partial charge in [-0.3, -0.25) is 0 Å². The summed E-state index contributed by atoms with van der Waals surface area (Å²) in [6.45, 7) is 5.48. The van der Waals surface area contributed by atoms with Crippen LogP contribution in [0.5, 0.6) is 0 Å². The third kappa shape index (κ3) is 2.27. The maximum Gasteiger partial charge on any atom is 0.408 e. The Hall–Kier alpha value is -2.42. The fraction of sp³-hybridized carbons (Fsp3) is 0.333. The van der Waals surface area contributed by atoms with E-state index in [1.54, 1.807) is 0 Å². The first-order valence-electron chi connectivity index (χ1n) is 8.83. The molecule has 1 aromatic heterocycles. The summed E-state index contributed by atoms with van der Waals surface area (Å²) in [6, 6.07) is 18.8. The van der Waals surface area contributed by atoms with Gasteiger partial charge in [0.05, 0.1) is 5.56 Å². The van der Waals surface area contributed by atoms with Gasteiger partial charge >= 0.3 is 5.89 Å². The highest BCUT2D eigenvalue weighted by Gasteiger charge is 2.40. The molecule has 0 amide bonds.